The summed E-state index contributed by atoms with van der Waals surface area (Å²) in [4.78, 5) is 15.5. The number of aromatic carboxylic acids is 1. The first kappa shape index (κ1) is 14.0. The van der Waals surface area contributed by atoms with E-state index in [-0.39, 0.29) is 5.56 Å². The van der Waals surface area contributed by atoms with Crippen LogP contribution in [0.4, 0.5) is 5.69 Å². The third-order valence-corrected chi connectivity index (χ3v) is 4.22. The maximum Gasteiger partial charge on any atom is 0.337 e. The van der Waals surface area contributed by atoms with Crippen LogP contribution in [0.15, 0.2) is 34.2 Å². The second-order valence-electron chi connectivity index (χ2n) is 4.58. The number of carboxylic acid groups (broad SMARTS) is 1. The largest absolute Gasteiger partial charge is 0.478 e. The molecule has 2 rings (SSSR count). The molecule has 100 valence electrons. The van der Waals surface area contributed by atoms with Crippen LogP contribution in [0.1, 0.15) is 29.2 Å². The summed E-state index contributed by atoms with van der Waals surface area (Å²) < 4.78 is 0.829. The van der Waals surface area contributed by atoms with E-state index < -0.39 is 11.5 Å². The van der Waals surface area contributed by atoms with Crippen molar-refractivity contribution in [2.75, 3.05) is 5.32 Å². The fourth-order valence-corrected chi connectivity index (χ4v) is 2.81. The minimum Gasteiger partial charge on any atom is -0.478 e. The zero-order valence-electron chi connectivity index (χ0n) is 10.5. The van der Waals surface area contributed by atoms with Crippen LogP contribution in [-0.2, 0) is 5.54 Å². The smallest absolute Gasteiger partial charge is 0.337 e. The Labute approximate surface area is 123 Å². The van der Waals surface area contributed by atoms with Crippen molar-refractivity contribution < 1.29 is 9.90 Å². The second-order valence-corrected chi connectivity index (χ2v) is 6.39. The number of carbonyl (C=O) groups is 1. The maximum absolute atomic E-state index is 11.2. The third kappa shape index (κ3) is 3.13. The van der Waals surface area contributed by atoms with Crippen LogP contribution in [0.25, 0.3) is 0 Å². The molecule has 0 saturated carbocycles. The Balaban J connectivity index is 2.38. The highest BCUT2D eigenvalue weighted by molar-refractivity contribution is 9.10. The zero-order valence-corrected chi connectivity index (χ0v) is 12.9. The van der Waals surface area contributed by atoms with Crippen LogP contribution < -0.4 is 5.32 Å². The van der Waals surface area contributed by atoms with E-state index in [2.05, 4.69) is 26.2 Å². The summed E-state index contributed by atoms with van der Waals surface area (Å²) in [6.07, 6.45) is 1.74. The molecule has 0 radical (unpaired) electrons. The molecule has 0 fully saturated rings. The molecule has 0 aliphatic carbocycles. The quantitative estimate of drug-likeness (QED) is 0.884. The van der Waals surface area contributed by atoms with Gasteiger partial charge in [0, 0.05) is 16.0 Å². The van der Waals surface area contributed by atoms with E-state index in [0.717, 1.165) is 9.48 Å². The van der Waals surface area contributed by atoms with Gasteiger partial charge in [0.2, 0.25) is 0 Å². The Kier molecular flexibility index (Phi) is 3.91. The van der Waals surface area contributed by atoms with Gasteiger partial charge in [0.05, 0.1) is 16.8 Å². The molecule has 0 saturated heterocycles. The van der Waals surface area contributed by atoms with Gasteiger partial charge in [0.15, 0.2) is 0 Å². The van der Waals surface area contributed by atoms with Crippen molar-refractivity contribution in [1.82, 2.24) is 4.98 Å². The van der Waals surface area contributed by atoms with Crippen LogP contribution in [0.5, 0.6) is 0 Å². The number of aromatic nitrogens is 1. The molecule has 0 unspecified atom stereocenters. The molecule has 0 atom stereocenters. The van der Waals surface area contributed by atoms with E-state index >= 15 is 0 Å². The Morgan fingerprint density at radius 2 is 2.21 bits per heavy atom. The van der Waals surface area contributed by atoms with E-state index in [0.29, 0.717) is 5.69 Å². The Morgan fingerprint density at radius 1 is 1.47 bits per heavy atom. The molecule has 1 aromatic carbocycles. The van der Waals surface area contributed by atoms with Crippen molar-refractivity contribution in [2.24, 2.45) is 0 Å². The fourth-order valence-electron chi connectivity index (χ4n) is 1.73. The lowest BCUT2D eigenvalue weighted by Gasteiger charge is -2.26. The highest BCUT2D eigenvalue weighted by atomic mass is 79.9. The van der Waals surface area contributed by atoms with Gasteiger partial charge in [-0.2, -0.15) is 0 Å². The zero-order chi connectivity index (χ0) is 14.0. The molecular formula is C13H13BrN2O2S. The van der Waals surface area contributed by atoms with E-state index in [1.165, 1.54) is 11.3 Å². The van der Waals surface area contributed by atoms with E-state index in [9.17, 15) is 9.90 Å². The van der Waals surface area contributed by atoms with Gasteiger partial charge in [-0.1, -0.05) is 15.9 Å². The lowest BCUT2D eigenvalue weighted by Crippen LogP contribution is -2.28. The number of benzene rings is 1. The highest BCUT2D eigenvalue weighted by Crippen LogP contribution is 2.30. The number of nitrogens with zero attached hydrogens (tertiary/aromatic N) is 1. The van der Waals surface area contributed by atoms with Crippen LogP contribution in [0, 0.1) is 0 Å². The predicted molar refractivity (Wildman–Crippen MR) is 79.9 cm³/mol. The number of hydrogen-bond acceptors (Lipinski definition) is 4. The van der Waals surface area contributed by atoms with Crippen LogP contribution >= 0.6 is 27.3 Å². The molecular weight excluding hydrogens is 328 g/mol. The number of rotatable bonds is 4. The first-order valence-electron chi connectivity index (χ1n) is 5.61. The van der Waals surface area contributed by atoms with Gasteiger partial charge in [0.25, 0.3) is 0 Å². The van der Waals surface area contributed by atoms with Crippen LogP contribution in [0.3, 0.4) is 0 Å². The second kappa shape index (κ2) is 5.30. The third-order valence-electron chi connectivity index (χ3n) is 2.63. The molecule has 1 heterocycles. The number of hydrogen-bond donors (Lipinski definition) is 2. The summed E-state index contributed by atoms with van der Waals surface area (Å²) in [7, 11) is 0. The van der Waals surface area contributed by atoms with Crippen LogP contribution in [-0.4, -0.2) is 16.1 Å². The Bertz CT molecular complexity index is 597. The predicted octanol–water partition coefficient (Wildman–Crippen LogP) is 3.95. The molecule has 0 aliphatic heterocycles. The molecule has 2 N–H and O–H groups in total. The monoisotopic (exact) mass is 340 g/mol. The van der Waals surface area contributed by atoms with E-state index in [4.69, 9.17) is 0 Å². The number of anilines is 1. The van der Waals surface area contributed by atoms with Crippen molar-refractivity contribution >= 4 is 38.9 Å². The molecule has 0 spiro atoms. The van der Waals surface area contributed by atoms with Gasteiger partial charge in [-0.25, -0.2) is 9.78 Å². The van der Waals surface area contributed by atoms with Gasteiger partial charge < -0.3 is 10.4 Å². The summed E-state index contributed by atoms with van der Waals surface area (Å²) >= 11 is 4.89. The van der Waals surface area contributed by atoms with Crippen molar-refractivity contribution in [3.8, 4) is 0 Å². The van der Waals surface area contributed by atoms with Crippen molar-refractivity contribution in [3.63, 3.8) is 0 Å². The summed E-state index contributed by atoms with van der Waals surface area (Å²) in [6.45, 7) is 3.94. The first-order valence-corrected chi connectivity index (χ1v) is 7.28. The van der Waals surface area contributed by atoms with Crippen molar-refractivity contribution in [2.45, 2.75) is 19.4 Å². The Morgan fingerprint density at radius 3 is 2.79 bits per heavy atom. The molecule has 1 aromatic heterocycles. The summed E-state index contributed by atoms with van der Waals surface area (Å²) in [6, 6.07) is 5.05. The minimum atomic E-state index is -0.954. The lowest BCUT2D eigenvalue weighted by atomic mass is 10.0. The fraction of sp³-hybridized carbons (Fsp3) is 0.231. The van der Waals surface area contributed by atoms with Gasteiger partial charge >= 0.3 is 5.97 Å². The summed E-state index contributed by atoms with van der Waals surface area (Å²) in [5.74, 6) is -0.954. The van der Waals surface area contributed by atoms with E-state index in [1.54, 1.807) is 24.4 Å². The topological polar surface area (TPSA) is 62.2 Å². The van der Waals surface area contributed by atoms with Gasteiger partial charge in [-0.3, -0.25) is 0 Å². The molecule has 19 heavy (non-hydrogen) atoms. The number of thiazole rings is 1. The molecule has 0 amide bonds. The molecule has 0 bridgehead atoms. The molecule has 2 aromatic rings. The normalized spacial score (nSPS) is 11.3. The number of nitrogens with one attached hydrogen (secondary N) is 1. The maximum atomic E-state index is 11.2. The average molecular weight is 341 g/mol. The SMILES string of the molecule is CC(C)(Nc1cc(Br)ccc1C(=O)O)c1nccs1. The highest BCUT2D eigenvalue weighted by Gasteiger charge is 2.25. The van der Waals surface area contributed by atoms with Crippen molar-refractivity contribution in [3.05, 3.63) is 44.8 Å². The molecule has 0 aliphatic rings. The molecule has 4 nitrogen and oxygen atoms in total. The van der Waals surface area contributed by atoms with Gasteiger partial charge in [-0.15, -0.1) is 11.3 Å². The van der Waals surface area contributed by atoms with E-state index in [1.807, 2.05) is 19.2 Å². The Hall–Kier alpha value is -1.40. The van der Waals surface area contributed by atoms with Crippen LogP contribution in [0.2, 0.25) is 0 Å². The molecule has 6 heteroatoms. The minimum absolute atomic E-state index is 0.243. The standard InChI is InChI=1S/C13H13BrN2O2S/c1-13(2,12-15-5-6-19-12)16-10-7-8(14)3-4-9(10)11(17)18/h3-7,16H,1-2H3,(H,17,18). The lowest BCUT2D eigenvalue weighted by molar-refractivity contribution is 0.0698. The van der Waals surface area contributed by atoms with Gasteiger partial charge in [0.1, 0.15) is 5.01 Å². The average Bonchev–Trinajstić information content (AvgIpc) is 2.81. The van der Waals surface area contributed by atoms with Crippen molar-refractivity contribution in [1.29, 1.82) is 0 Å². The first-order chi connectivity index (χ1) is 8.90. The summed E-state index contributed by atoms with van der Waals surface area (Å²) in [5.41, 5.74) is 0.383. The number of carboxylic acids is 1. The van der Waals surface area contributed by atoms with Gasteiger partial charge in [-0.05, 0) is 32.0 Å². The summed E-state index contributed by atoms with van der Waals surface area (Å²) in [5, 5.41) is 15.3. The number of halogens is 1.